The summed E-state index contributed by atoms with van der Waals surface area (Å²) in [6.45, 7) is 4.68. The van der Waals surface area contributed by atoms with E-state index in [-0.39, 0.29) is 16.8 Å². The van der Waals surface area contributed by atoms with E-state index < -0.39 is 10.0 Å². The third kappa shape index (κ3) is 5.78. The van der Waals surface area contributed by atoms with Crippen LogP contribution in [0.3, 0.4) is 0 Å². The number of hydrogen-bond acceptors (Lipinski definition) is 6. The SMILES string of the molecule is CCOc1ccc(S(=O)(=O)Nc2cccc(C(=O)NC[C@@H](c3ccco3)N3CCCC3)c2)cc1. The Morgan fingerprint density at radius 2 is 1.85 bits per heavy atom. The van der Waals surface area contributed by atoms with Crippen LogP contribution in [0.5, 0.6) is 5.75 Å². The van der Waals surface area contributed by atoms with Crippen molar-refractivity contribution < 1.29 is 22.4 Å². The molecule has 180 valence electrons. The maximum Gasteiger partial charge on any atom is 0.261 e. The molecule has 0 bridgehead atoms. The summed E-state index contributed by atoms with van der Waals surface area (Å²) in [6, 6.07) is 16.4. The molecule has 2 N–H and O–H groups in total. The number of likely N-dealkylation sites (tertiary alicyclic amines) is 1. The summed E-state index contributed by atoms with van der Waals surface area (Å²) in [5.41, 5.74) is 0.676. The standard InChI is InChI=1S/C25H29N3O5S/c1-2-32-21-10-12-22(13-11-21)34(30,31)27-20-8-5-7-19(17-20)25(29)26-18-23(24-9-6-16-33-24)28-14-3-4-15-28/h5-13,16-17,23,27H,2-4,14-15,18H2,1H3,(H,26,29)/t23-/m0/s1. The van der Waals surface area contributed by atoms with Gasteiger partial charge in [-0.3, -0.25) is 14.4 Å². The molecule has 4 rings (SSSR count). The second-order valence-corrected chi connectivity index (χ2v) is 9.76. The zero-order chi connectivity index (χ0) is 24.0. The van der Waals surface area contributed by atoms with Gasteiger partial charge in [0.2, 0.25) is 0 Å². The molecule has 1 saturated heterocycles. The molecule has 0 spiro atoms. The molecule has 1 atom stereocenters. The van der Waals surface area contributed by atoms with Gasteiger partial charge in [-0.05, 0) is 87.5 Å². The number of rotatable bonds is 10. The van der Waals surface area contributed by atoms with Gasteiger partial charge in [0, 0.05) is 17.8 Å². The molecule has 1 amide bonds. The first-order valence-corrected chi connectivity index (χ1v) is 12.9. The zero-order valence-electron chi connectivity index (χ0n) is 19.1. The van der Waals surface area contributed by atoms with Crippen LogP contribution in [-0.2, 0) is 10.0 Å². The molecular formula is C25H29N3O5S. The number of nitrogens with one attached hydrogen (secondary N) is 2. The Labute approximate surface area is 200 Å². The largest absolute Gasteiger partial charge is 0.494 e. The van der Waals surface area contributed by atoms with Crippen molar-refractivity contribution >= 4 is 21.6 Å². The Kier molecular flexibility index (Phi) is 7.54. The van der Waals surface area contributed by atoms with Gasteiger partial charge in [-0.2, -0.15) is 0 Å². The molecule has 1 aliphatic heterocycles. The average Bonchev–Trinajstić information content (AvgIpc) is 3.55. The van der Waals surface area contributed by atoms with E-state index in [1.165, 1.54) is 18.2 Å². The number of furan rings is 1. The maximum atomic E-state index is 12.9. The highest BCUT2D eigenvalue weighted by Crippen LogP contribution is 2.25. The van der Waals surface area contributed by atoms with E-state index >= 15 is 0 Å². The number of hydrogen-bond donors (Lipinski definition) is 2. The zero-order valence-corrected chi connectivity index (χ0v) is 19.9. The number of ether oxygens (including phenoxy) is 1. The van der Waals surface area contributed by atoms with Crippen LogP contribution in [0, 0.1) is 0 Å². The van der Waals surface area contributed by atoms with Gasteiger partial charge >= 0.3 is 0 Å². The molecule has 34 heavy (non-hydrogen) atoms. The minimum atomic E-state index is -3.81. The van der Waals surface area contributed by atoms with Gasteiger partial charge in [-0.25, -0.2) is 8.42 Å². The third-order valence-corrected chi connectivity index (χ3v) is 7.13. The average molecular weight is 484 g/mol. The van der Waals surface area contributed by atoms with Crippen molar-refractivity contribution in [3.05, 3.63) is 78.3 Å². The van der Waals surface area contributed by atoms with Crippen molar-refractivity contribution in [2.75, 3.05) is 31.0 Å². The van der Waals surface area contributed by atoms with Crippen molar-refractivity contribution in [2.45, 2.75) is 30.7 Å². The number of carbonyl (C=O) groups excluding carboxylic acids is 1. The van der Waals surface area contributed by atoms with Crippen LogP contribution in [0.25, 0.3) is 0 Å². The Balaban J connectivity index is 1.42. The van der Waals surface area contributed by atoms with Gasteiger partial charge in [0.15, 0.2) is 0 Å². The number of benzene rings is 2. The van der Waals surface area contributed by atoms with Gasteiger partial charge in [0.05, 0.1) is 23.8 Å². The molecule has 1 aliphatic rings. The van der Waals surface area contributed by atoms with Gasteiger partial charge < -0.3 is 14.5 Å². The van der Waals surface area contributed by atoms with E-state index in [1.807, 2.05) is 19.1 Å². The first kappa shape index (κ1) is 23.8. The fourth-order valence-electron chi connectivity index (χ4n) is 4.05. The topological polar surface area (TPSA) is 101 Å². The van der Waals surface area contributed by atoms with E-state index in [0.29, 0.717) is 30.2 Å². The van der Waals surface area contributed by atoms with Gasteiger partial charge in [-0.15, -0.1) is 0 Å². The number of amides is 1. The highest BCUT2D eigenvalue weighted by atomic mass is 32.2. The lowest BCUT2D eigenvalue weighted by molar-refractivity contribution is 0.0933. The van der Waals surface area contributed by atoms with E-state index in [1.54, 1.807) is 36.6 Å². The normalized spacial score (nSPS) is 15.1. The fourth-order valence-corrected chi connectivity index (χ4v) is 5.10. The molecular weight excluding hydrogens is 454 g/mol. The summed E-state index contributed by atoms with van der Waals surface area (Å²) in [6.07, 6.45) is 3.89. The van der Waals surface area contributed by atoms with Crippen LogP contribution in [0.2, 0.25) is 0 Å². The minimum Gasteiger partial charge on any atom is -0.494 e. The van der Waals surface area contributed by atoms with E-state index in [0.717, 1.165) is 31.7 Å². The summed E-state index contributed by atoms with van der Waals surface area (Å²) < 4.78 is 39.1. The molecule has 0 radical (unpaired) electrons. The molecule has 2 heterocycles. The second-order valence-electron chi connectivity index (χ2n) is 8.08. The first-order chi connectivity index (χ1) is 16.5. The van der Waals surface area contributed by atoms with Crippen LogP contribution in [0.15, 0.2) is 76.2 Å². The highest BCUT2D eigenvalue weighted by molar-refractivity contribution is 7.92. The second kappa shape index (κ2) is 10.8. The number of nitrogens with zero attached hydrogens (tertiary/aromatic N) is 1. The summed E-state index contributed by atoms with van der Waals surface area (Å²) in [5, 5.41) is 2.97. The van der Waals surface area contributed by atoms with E-state index in [2.05, 4.69) is 14.9 Å². The fraction of sp³-hybridized carbons (Fsp3) is 0.320. The lowest BCUT2D eigenvalue weighted by Crippen LogP contribution is -2.36. The van der Waals surface area contributed by atoms with Crippen molar-refractivity contribution in [1.82, 2.24) is 10.2 Å². The summed E-state index contributed by atoms with van der Waals surface area (Å²) >= 11 is 0. The van der Waals surface area contributed by atoms with Crippen molar-refractivity contribution in [1.29, 1.82) is 0 Å². The third-order valence-electron chi connectivity index (χ3n) is 5.73. The van der Waals surface area contributed by atoms with Crippen molar-refractivity contribution in [3.63, 3.8) is 0 Å². The van der Waals surface area contributed by atoms with Gasteiger partial charge in [0.25, 0.3) is 15.9 Å². The highest BCUT2D eigenvalue weighted by Gasteiger charge is 2.26. The van der Waals surface area contributed by atoms with E-state index in [4.69, 9.17) is 9.15 Å². The molecule has 0 saturated carbocycles. The molecule has 0 aliphatic carbocycles. The molecule has 8 nitrogen and oxygen atoms in total. The summed E-state index contributed by atoms with van der Waals surface area (Å²) in [5.74, 6) is 1.14. The van der Waals surface area contributed by atoms with Crippen LogP contribution in [-0.4, -0.2) is 45.5 Å². The van der Waals surface area contributed by atoms with E-state index in [9.17, 15) is 13.2 Å². The maximum absolute atomic E-state index is 12.9. The number of sulfonamides is 1. The Hall–Kier alpha value is -3.30. The summed E-state index contributed by atoms with van der Waals surface area (Å²) in [4.78, 5) is 15.3. The molecule has 3 aromatic rings. The van der Waals surface area contributed by atoms with Crippen LogP contribution in [0.1, 0.15) is 41.9 Å². The van der Waals surface area contributed by atoms with Gasteiger partial charge in [0.1, 0.15) is 11.5 Å². The van der Waals surface area contributed by atoms with Crippen molar-refractivity contribution in [3.8, 4) is 5.75 Å². The van der Waals surface area contributed by atoms with Crippen LogP contribution < -0.4 is 14.8 Å². The Bertz CT molecular complexity index is 1190. The first-order valence-electron chi connectivity index (χ1n) is 11.4. The van der Waals surface area contributed by atoms with Gasteiger partial charge in [-0.1, -0.05) is 6.07 Å². The molecule has 9 heteroatoms. The quantitative estimate of drug-likeness (QED) is 0.451. The molecule has 2 aromatic carbocycles. The lowest BCUT2D eigenvalue weighted by atomic mass is 10.1. The smallest absolute Gasteiger partial charge is 0.261 e. The van der Waals surface area contributed by atoms with Crippen LogP contribution in [0.4, 0.5) is 5.69 Å². The Morgan fingerprint density at radius 3 is 2.53 bits per heavy atom. The molecule has 0 unspecified atom stereocenters. The number of anilines is 1. The Morgan fingerprint density at radius 1 is 1.09 bits per heavy atom. The monoisotopic (exact) mass is 483 g/mol. The number of carbonyl (C=O) groups is 1. The molecule has 1 aromatic heterocycles. The summed E-state index contributed by atoms with van der Waals surface area (Å²) in [7, 11) is -3.81. The van der Waals surface area contributed by atoms with Crippen molar-refractivity contribution in [2.24, 2.45) is 0 Å². The van der Waals surface area contributed by atoms with Crippen LogP contribution >= 0.6 is 0 Å². The predicted octanol–water partition coefficient (Wildman–Crippen LogP) is 4.05. The lowest BCUT2D eigenvalue weighted by Gasteiger charge is -2.26. The minimum absolute atomic E-state index is 0.0391. The predicted molar refractivity (Wildman–Crippen MR) is 129 cm³/mol. The molecule has 1 fully saturated rings.